The van der Waals surface area contributed by atoms with Crippen LogP contribution in [-0.4, -0.2) is 20.5 Å². The van der Waals surface area contributed by atoms with Gasteiger partial charge in [-0.2, -0.15) is 0 Å². The maximum absolute atomic E-state index is 11.1. The lowest BCUT2D eigenvalue weighted by molar-refractivity contribution is 0.111. The number of carbonyl (C=O) groups is 1. The molecule has 0 fully saturated rings. The maximum Gasteiger partial charge on any atom is 0.153 e. The molecular weight excluding hydrogens is 336 g/mol. The number of carbonyl (C=O) groups excluding carboxylic acids is 1. The molecule has 0 heterocycles. The average molecular weight is 351 g/mol. The Kier molecular flexibility index (Phi) is 5.22. The molecule has 0 unspecified atom stereocenters. The molecule has 5 heteroatoms. The lowest BCUT2D eigenvalue weighted by Gasteiger charge is -2.11. The van der Waals surface area contributed by atoms with E-state index in [9.17, 15) is 4.79 Å². The van der Waals surface area contributed by atoms with Crippen molar-refractivity contribution < 1.29 is 19.0 Å². The minimum absolute atomic E-state index is 0.357. The summed E-state index contributed by atoms with van der Waals surface area (Å²) in [5.41, 5.74) is 1.43. The Labute approximate surface area is 131 Å². The summed E-state index contributed by atoms with van der Waals surface area (Å²) in [4.78, 5) is 11.1. The molecule has 4 nitrogen and oxygen atoms in total. The van der Waals surface area contributed by atoms with E-state index < -0.39 is 0 Å². The molecular formula is C16H15BrO4. The highest BCUT2D eigenvalue weighted by molar-refractivity contribution is 9.10. The molecule has 0 saturated heterocycles. The molecule has 2 aromatic rings. The summed E-state index contributed by atoms with van der Waals surface area (Å²) in [6.07, 6.45) is 0.752. The first-order valence-electron chi connectivity index (χ1n) is 6.26. The zero-order chi connectivity index (χ0) is 15.2. The zero-order valence-corrected chi connectivity index (χ0v) is 13.3. The Morgan fingerprint density at radius 2 is 1.81 bits per heavy atom. The fraction of sp³-hybridized carbons (Fsp3) is 0.188. The molecule has 0 radical (unpaired) electrons. The second kappa shape index (κ2) is 7.13. The topological polar surface area (TPSA) is 44.8 Å². The summed E-state index contributed by atoms with van der Waals surface area (Å²) >= 11 is 3.43. The molecule has 0 aromatic heterocycles. The number of aldehydes is 1. The van der Waals surface area contributed by atoms with Gasteiger partial charge in [-0.05, 0) is 51.8 Å². The van der Waals surface area contributed by atoms with E-state index in [1.807, 2.05) is 18.2 Å². The largest absolute Gasteiger partial charge is 0.497 e. The number of ether oxygens (including phenoxy) is 3. The smallest absolute Gasteiger partial charge is 0.153 e. The third kappa shape index (κ3) is 3.76. The summed E-state index contributed by atoms with van der Waals surface area (Å²) in [7, 11) is 3.17. The van der Waals surface area contributed by atoms with E-state index in [0.29, 0.717) is 23.7 Å². The van der Waals surface area contributed by atoms with Crippen molar-refractivity contribution in [3.8, 4) is 17.2 Å². The van der Waals surface area contributed by atoms with Crippen molar-refractivity contribution in [2.24, 2.45) is 0 Å². The van der Waals surface area contributed by atoms with E-state index in [1.54, 1.807) is 32.4 Å². The standard InChI is InChI=1S/C16H15BrO4/c1-19-13-4-6-15(12(8-13)9-18)21-10-11-3-5-16(20-2)14(17)7-11/h3-9H,10H2,1-2H3. The fourth-order valence-electron chi connectivity index (χ4n) is 1.84. The van der Waals surface area contributed by atoms with Crippen LogP contribution in [0.25, 0.3) is 0 Å². The van der Waals surface area contributed by atoms with E-state index in [-0.39, 0.29) is 0 Å². The summed E-state index contributed by atoms with van der Waals surface area (Å²) in [5.74, 6) is 1.91. The van der Waals surface area contributed by atoms with Crippen LogP contribution in [-0.2, 0) is 6.61 Å². The second-order valence-corrected chi connectivity index (χ2v) is 5.13. The molecule has 2 aromatic carbocycles. The highest BCUT2D eigenvalue weighted by Crippen LogP contribution is 2.27. The van der Waals surface area contributed by atoms with E-state index in [0.717, 1.165) is 22.1 Å². The van der Waals surface area contributed by atoms with Gasteiger partial charge in [0.25, 0.3) is 0 Å². The van der Waals surface area contributed by atoms with Gasteiger partial charge in [-0.15, -0.1) is 0 Å². The van der Waals surface area contributed by atoms with E-state index >= 15 is 0 Å². The van der Waals surface area contributed by atoms with E-state index in [4.69, 9.17) is 14.2 Å². The molecule has 0 aliphatic rings. The van der Waals surface area contributed by atoms with Crippen molar-refractivity contribution in [2.75, 3.05) is 14.2 Å². The van der Waals surface area contributed by atoms with Crippen LogP contribution in [0.3, 0.4) is 0 Å². The van der Waals surface area contributed by atoms with Crippen molar-refractivity contribution in [3.05, 3.63) is 52.0 Å². The molecule has 0 N–H and O–H groups in total. The first kappa shape index (κ1) is 15.4. The van der Waals surface area contributed by atoms with Gasteiger partial charge in [-0.3, -0.25) is 4.79 Å². The molecule has 21 heavy (non-hydrogen) atoms. The molecule has 0 saturated carbocycles. The summed E-state index contributed by atoms with van der Waals surface area (Å²) in [5, 5.41) is 0. The van der Waals surface area contributed by atoms with Crippen LogP contribution in [0.1, 0.15) is 15.9 Å². The van der Waals surface area contributed by atoms with Crippen molar-refractivity contribution in [1.29, 1.82) is 0 Å². The minimum Gasteiger partial charge on any atom is -0.497 e. The molecule has 0 bridgehead atoms. The van der Waals surface area contributed by atoms with Gasteiger partial charge in [0.05, 0.1) is 24.3 Å². The fourth-order valence-corrected chi connectivity index (χ4v) is 2.43. The van der Waals surface area contributed by atoms with E-state index in [1.165, 1.54) is 0 Å². The predicted molar refractivity (Wildman–Crippen MR) is 83.4 cm³/mol. The normalized spacial score (nSPS) is 10.0. The lowest BCUT2D eigenvalue weighted by atomic mass is 10.2. The van der Waals surface area contributed by atoms with E-state index in [2.05, 4.69) is 15.9 Å². The van der Waals surface area contributed by atoms with Crippen LogP contribution in [0, 0.1) is 0 Å². The van der Waals surface area contributed by atoms with Crippen molar-refractivity contribution in [2.45, 2.75) is 6.61 Å². The molecule has 0 aliphatic carbocycles. The first-order valence-corrected chi connectivity index (χ1v) is 7.05. The first-order chi connectivity index (χ1) is 10.2. The number of halogens is 1. The van der Waals surface area contributed by atoms with Crippen molar-refractivity contribution in [1.82, 2.24) is 0 Å². The van der Waals surface area contributed by atoms with Crippen LogP contribution in [0.15, 0.2) is 40.9 Å². The van der Waals surface area contributed by atoms with Crippen LogP contribution >= 0.6 is 15.9 Å². The predicted octanol–water partition coefficient (Wildman–Crippen LogP) is 3.86. The zero-order valence-electron chi connectivity index (χ0n) is 11.8. The third-order valence-electron chi connectivity index (χ3n) is 2.95. The average Bonchev–Trinajstić information content (AvgIpc) is 2.52. The van der Waals surface area contributed by atoms with Gasteiger partial charge < -0.3 is 14.2 Å². The Morgan fingerprint density at radius 1 is 1.05 bits per heavy atom. The number of methoxy groups -OCH3 is 2. The van der Waals surface area contributed by atoms with Gasteiger partial charge in [0.2, 0.25) is 0 Å². The number of rotatable bonds is 6. The van der Waals surface area contributed by atoms with Crippen LogP contribution < -0.4 is 14.2 Å². The van der Waals surface area contributed by atoms with Gasteiger partial charge in [-0.1, -0.05) is 6.07 Å². The summed E-state index contributed by atoms with van der Waals surface area (Å²) in [6, 6.07) is 10.8. The van der Waals surface area contributed by atoms with Gasteiger partial charge in [0, 0.05) is 0 Å². The van der Waals surface area contributed by atoms with Crippen molar-refractivity contribution >= 4 is 22.2 Å². The maximum atomic E-state index is 11.1. The lowest BCUT2D eigenvalue weighted by Crippen LogP contribution is -1.99. The quantitative estimate of drug-likeness (QED) is 0.742. The molecule has 0 amide bonds. The molecule has 0 atom stereocenters. The third-order valence-corrected chi connectivity index (χ3v) is 3.57. The Balaban J connectivity index is 2.12. The minimum atomic E-state index is 0.357. The summed E-state index contributed by atoms with van der Waals surface area (Å²) in [6.45, 7) is 0.357. The number of benzene rings is 2. The Bertz CT molecular complexity index is 640. The number of hydrogen-bond acceptors (Lipinski definition) is 4. The Morgan fingerprint density at radius 3 is 2.43 bits per heavy atom. The molecule has 2 rings (SSSR count). The van der Waals surface area contributed by atoms with Gasteiger partial charge in [0.1, 0.15) is 23.9 Å². The Hall–Kier alpha value is -2.01. The van der Waals surface area contributed by atoms with Gasteiger partial charge in [0.15, 0.2) is 6.29 Å². The molecule has 0 aliphatic heterocycles. The van der Waals surface area contributed by atoms with Crippen LogP contribution in [0.2, 0.25) is 0 Å². The molecule has 0 spiro atoms. The SMILES string of the molecule is COc1ccc(OCc2ccc(OC)c(Br)c2)c(C=O)c1. The van der Waals surface area contributed by atoms with Gasteiger partial charge in [-0.25, -0.2) is 0 Å². The second-order valence-electron chi connectivity index (χ2n) is 4.28. The monoisotopic (exact) mass is 350 g/mol. The molecule has 110 valence electrons. The highest BCUT2D eigenvalue weighted by Gasteiger charge is 2.07. The number of hydrogen-bond donors (Lipinski definition) is 0. The van der Waals surface area contributed by atoms with Gasteiger partial charge >= 0.3 is 0 Å². The van der Waals surface area contributed by atoms with Crippen LogP contribution in [0.4, 0.5) is 0 Å². The highest BCUT2D eigenvalue weighted by atomic mass is 79.9. The van der Waals surface area contributed by atoms with Crippen LogP contribution in [0.5, 0.6) is 17.2 Å². The summed E-state index contributed by atoms with van der Waals surface area (Å²) < 4.78 is 16.8. The van der Waals surface area contributed by atoms with Crippen molar-refractivity contribution in [3.63, 3.8) is 0 Å².